The number of aryl methyl sites for hydroxylation is 2. The van der Waals surface area contributed by atoms with E-state index in [-0.39, 0.29) is 11.4 Å². The number of rotatable bonds is 5. The predicted molar refractivity (Wildman–Crippen MR) is 108 cm³/mol. The molecule has 2 aromatic heterocycles. The fraction of sp³-hybridized carbons (Fsp3) is 0.0909. The Morgan fingerprint density at radius 3 is 1.57 bits per heavy atom. The van der Waals surface area contributed by atoms with Crippen LogP contribution in [0.15, 0.2) is 61.2 Å². The molecule has 0 unspecified atom stereocenters. The summed E-state index contributed by atoms with van der Waals surface area (Å²) in [5.41, 5.74) is 2.57. The number of nitrogens with zero attached hydrogens (tertiary/aromatic N) is 3. The Balaban J connectivity index is 1.97. The number of aromatic nitrogens is 2. The van der Waals surface area contributed by atoms with Crippen molar-refractivity contribution < 1.29 is 19.2 Å². The van der Waals surface area contributed by atoms with E-state index in [1.54, 1.807) is 12.2 Å². The summed E-state index contributed by atoms with van der Waals surface area (Å²) in [4.78, 5) is 10.9. The lowest BCUT2D eigenvalue weighted by Crippen LogP contribution is -2.25. The smallest absolute Gasteiger partial charge is 0.270 e. The molecule has 140 valence electrons. The highest BCUT2D eigenvalue weighted by Gasteiger charge is 2.13. The molecule has 0 aliphatic rings. The minimum absolute atomic E-state index is 0.000994. The Labute approximate surface area is 163 Å². The number of phenolic OH excluding ortho intramolecular Hbond substituents is 1. The standard InChI is InChI=1S/C22H20N3O3/c1-23-11-7-17(8-12-23)3-5-19-15-21(25(27)28)16-20(22(19)26)6-4-18-9-13-24(2)14-10-18/h3-16H,1-2H3/q+1/p+1. The van der Waals surface area contributed by atoms with E-state index in [9.17, 15) is 15.2 Å². The quantitative estimate of drug-likeness (QED) is 0.423. The summed E-state index contributed by atoms with van der Waals surface area (Å²) in [5.74, 6) is 0.000994. The van der Waals surface area contributed by atoms with Crippen LogP contribution in [-0.2, 0) is 14.1 Å². The minimum atomic E-state index is -0.459. The van der Waals surface area contributed by atoms with Crippen LogP contribution in [0, 0.1) is 10.1 Å². The summed E-state index contributed by atoms with van der Waals surface area (Å²) >= 11 is 0. The van der Waals surface area contributed by atoms with E-state index in [2.05, 4.69) is 0 Å². The molecule has 0 saturated heterocycles. The second-order valence-corrected chi connectivity index (χ2v) is 6.49. The van der Waals surface area contributed by atoms with Gasteiger partial charge in [-0.15, -0.1) is 0 Å². The first-order chi connectivity index (χ1) is 13.4. The Bertz CT molecular complexity index is 977. The number of phenols is 1. The van der Waals surface area contributed by atoms with Crippen LogP contribution in [0.4, 0.5) is 5.69 Å². The molecular weight excluding hydrogens is 354 g/mol. The fourth-order valence-electron chi connectivity index (χ4n) is 2.64. The molecule has 0 bridgehead atoms. The Morgan fingerprint density at radius 2 is 1.21 bits per heavy atom. The van der Waals surface area contributed by atoms with Gasteiger partial charge in [-0.25, -0.2) is 9.13 Å². The lowest BCUT2D eigenvalue weighted by atomic mass is 10.0. The largest absolute Gasteiger partial charge is 0.507 e. The molecule has 0 atom stereocenters. The maximum absolute atomic E-state index is 11.3. The summed E-state index contributed by atoms with van der Waals surface area (Å²) in [5, 5.41) is 21.9. The Hall–Kier alpha value is -3.80. The third kappa shape index (κ3) is 4.67. The number of aromatic hydroxyl groups is 1. The lowest BCUT2D eigenvalue weighted by Gasteiger charge is -2.05. The second kappa shape index (κ2) is 8.26. The molecule has 0 aliphatic heterocycles. The summed E-state index contributed by atoms with van der Waals surface area (Å²) in [6.07, 6.45) is 14.6. The van der Waals surface area contributed by atoms with Gasteiger partial charge in [-0.05, 0) is 11.1 Å². The monoisotopic (exact) mass is 375 g/mol. The first-order valence-electron chi connectivity index (χ1n) is 8.70. The van der Waals surface area contributed by atoms with Crippen LogP contribution in [0.1, 0.15) is 22.3 Å². The van der Waals surface area contributed by atoms with Crippen LogP contribution in [0.25, 0.3) is 24.3 Å². The highest BCUT2D eigenvalue weighted by molar-refractivity contribution is 5.80. The number of benzene rings is 1. The fourth-order valence-corrected chi connectivity index (χ4v) is 2.64. The first kappa shape index (κ1) is 19.0. The highest BCUT2D eigenvalue weighted by Crippen LogP contribution is 2.31. The third-order valence-electron chi connectivity index (χ3n) is 4.28. The van der Waals surface area contributed by atoms with Gasteiger partial charge in [-0.3, -0.25) is 10.1 Å². The molecule has 6 heteroatoms. The minimum Gasteiger partial charge on any atom is -0.507 e. The Morgan fingerprint density at radius 1 is 0.821 bits per heavy atom. The number of hydrogen-bond donors (Lipinski definition) is 1. The maximum atomic E-state index is 11.3. The van der Waals surface area contributed by atoms with Crippen molar-refractivity contribution in [2.45, 2.75) is 0 Å². The van der Waals surface area contributed by atoms with Crippen LogP contribution in [0.5, 0.6) is 5.75 Å². The lowest BCUT2D eigenvalue weighted by molar-refractivity contribution is -0.671. The molecule has 3 rings (SSSR count). The highest BCUT2D eigenvalue weighted by atomic mass is 16.6. The molecule has 6 nitrogen and oxygen atoms in total. The van der Waals surface area contributed by atoms with E-state index < -0.39 is 4.92 Å². The van der Waals surface area contributed by atoms with Crippen molar-refractivity contribution in [1.29, 1.82) is 0 Å². The molecule has 0 aliphatic carbocycles. The maximum Gasteiger partial charge on any atom is 0.270 e. The number of nitro groups is 1. The summed E-state index contributed by atoms with van der Waals surface area (Å²) < 4.78 is 3.82. The van der Waals surface area contributed by atoms with E-state index in [4.69, 9.17) is 0 Å². The van der Waals surface area contributed by atoms with Crippen molar-refractivity contribution in [2.75, 3.05) is 0 Å². The zero-order valence-electron chi connectivity index (χ0n) is 15.7. The van der Waals surface area contributed by atoms with Gasteiger partial charge >= 0.3 is 0 Å². The summed E-state index contributed by atoms with van der Waals surface area (Å²) in [7, 11) is 3.84. The molecule has 0 amide bonds. The van der Waals surface area contributed by atoms with Crippen molar-refractivity contribution in [3.05, 3.63) is 93.6 Å². The molecule has 0 radical (unpaired) electrons. The van der Waals surface area contributed by atoms with Crippen LogP contribution in [-0.4, -0.2) is 10.0 Å². The van der Waals surface area contributed by atoms with Gasteiger partial charge in [0.25, 0.3) is 5.69 Å². The van der Waals surface area contributed by atoms with E-state index in [1.165, 1.54) is 12.1 Å². The zero-order chi connectivity index (χ0) is 20.1. The molecule has 1 aromatic carbocycles. The van der Waals surface area contributed by atoms with Gasteiger partial charge in [0.1, 0.15) is 19.8 Å². The van der Waals surface area contributed by atoms with E-state index in [0.717, 1.165) is 11.1 Å². The average Bonchev–Trinajstić information content (AvgIpc) is 2.68. The van der Waals surface area contributed by atoms with Gasteiger partial charge in [0.2, 0.25) is 0 Å². The molecule has 0 saturated carbocycles. The van der Waals surface area contributed by atoms with Crippen LogP contribution < -0.4 is 9.13 Å². The van der Waals surface area contributed by atoms with Crippen LogP contribution in [0.3, 0.4) is 0 Å². The van der Waals surface area contributed by atoms with Crippen molar-refractivity contribution in [3.8, 4) is 5.75 Å². The molecule has 28 heavy (non-hydrogen) atoms. The normalized spacial score (nSPS) is 11.4. The van der Waals surface area contributed by atoms with Crippen molar-refractivity contribution in [1.82, 2.24) is 0 Å². The van der Waals surface area contributed by atoms with Crippen molar-refractivity contribution in [2.24, 2.45) is 14.1 Å². The summed E-state index contributed by atoms with van der Waals surface area (Å²) in [6, 6.07) is 10.4. The van der Waals surface area contributed by atoms with Gasteiger partial charge in [0.05, 0.1) is 4.92 Å². The number of pyridine rings is 2. The molecule has 1 N–H and O–H groups in total. The Kier molecular flexibility index (Phi) is 5.60. The SMILES string of the molecule is C[n+]1ccc(/C=C/c2cc([N+](=O)[O-])cc(/C=C/c3cc[n+](C)cc3)c2O)cc1. The van der Waals surface area contributed by atoms with E-state index in [0.29, 0.717) is 11.1 Å². The van der Waals surface area contributed by atoms with Gasteiger partial charge in [0.15, 0.2) is 24.8 Å². The van der Waals surface area contributed by atoms with E-state index in [1.807, 2.05) is 84.4 Å². The van der Waals surface area contributed by atoms with Gasteiger partial charge in [-0.1, -0.05) is 24.3 Å². The van der Waals surface area contributed by atoms with Crippen molar-refractivity contribution in [3.63, 3.8) is 0 Å². The molecule has 2 heterocycles. The van der Waals surface area contributed by atoms with Gasteiger partial charge < -0.3 is 5.11 Å². The number of nitro benzene ring substituents is 1. The van der Waals surface area contributed by atoms with E-state index >= 15 is 0 Å². The number of non-ortho nitro benzene ring substituents is 1. The first-order valence-corrected chi connectivity index (χ1v) is 8.70. The van der Waals surface area contributed by atoms with Crippen LogP contribution >= 0.6 is 0 Å². The van der Waals surface area contributed by atoms with Gasteiger partial charge in [0, 0.05) is 47.5 Å². The third-order valence-corrected chi connectivity index (χ3v) is 4.28. The zero-order valence-corrected chi connectivity index (χ0v) is 15.7. The number of hydrogen-bond acceptors (Lipinski definition) is 3. The topological polar surface area (TPSA) is 71.1 Å². The van der Waals surface area contributed by atoms with Gasteiger partial charge in [-0.2, -0.15) is 0 Å². The molecule has 0 fully saturated rings. The van der Waals surface area contributed by atoms with Crippen LogP contribution in [0.2, 0.25) is 0 Å². The second-order valence-electron chi connectivity index (χ2n) is 6.49. The molecular formula is C22H21N3O3+2. The summed E-state index contributed by atoms with van der Waals surface area (Å²) in [6.45, 7) is 0. The molecule has 3 aromatic rings. The molecule has 0 spiro atoms. The average molecular weight is 375 g/mol. The predicted octanol–water partition coefficient (Wildman–Crippen LogP) is 3.29. The van der Waals surface area contributed by atoms with Crippen molar-refractivity contribution >= 4 is 30.0 Å².